The van der Waals surface area contributed by atoms with E-state index in [1.54, 1.807) is 0 Å². The van der Waals surface area contributed by atoms with E-state index in [9.17, 15) is 8.42 Å². The molecule has 35 valence electrons. The van der Waals surface area contributed by atoms with Crippen molar-refractivity contribution in [3.05, 3.63) is 0 Å². The van der Waals surface area contributed by atoms with Crippen LogP contribution in [-0.4, -0.2) is 29.3 Å². The third-order valence-corrected chi connectivity index (χ3v) is 0. The topological polar surface area (TPSA) is 34.1 Å². The second-order valence-corrected chi connectivity index (χ2v) is 3.43. The van der Waals surface area contributed by atoms with Crippen LogP contribution in [0.5, 0.6) is 0 Å². The summed E-state index contributed by atoms with van der Waals surface area (Å²) in [5, 5.41) is 0. The first-order chi connectivity index (χ1) is 2.00. The zero-order valence-electron chi connectivity index (χ0n) is 3.80. The Hall–Kier alpha value is 0.0149. The lowest BCUT2D eigenvalue weighted by Gasteiger charge is -1.69. The number of hydrogen-bond donors (Lipinski definition) is 0. The Labute approximate surface area is 40.1 Å². The molecule has 0 atom stereocenters. The van der Waals surface area contributed by atoms with Crippen molar-refractivity contribution in [1.82, 2.24) is 0 Å². The molecule has 0 saturated carbocycles. The van der Waals surface area contributed by atoms with E-state index in [-0.39, 0.29) is 8.41 Å². The summed E-state index contributed by atoms with van der Waals surface area (Å²) in [6.45, 7) is 0. The van der Waals surface area contributed by atoms with E-state index < -0.39 is 9.84 Å². The van der Waals surface area contributed by atoms with Crippen molar-refractivity contribution in [2.75, 3.05) is 12.5 Å². The first-order valence-corrected chi connectivity index (χ1v) is 3.45. The van der Waals surface area contributed by atoms with Crippen LogP contribution < -0.4 is 0 Å². The Kier molecular flexibility index (Phi) is 3.49. The molecule has 0 heterocycles. The summed E-state index contributed by atoms with van der Waals surface area (Å²) >= 11 is 0. The molecule has 0 rings (SSSR count). The van der Waals surface area contributed by atoms with E-state index in [0.717, 1.165) is 12.5 Å². The van der Waals surface area contributed by atoms with Crippen LogP contribution in [0.15, 0.2) is 0 Å². The Balaban J connectivity index is 0. The largest absolute Gasteiger partial charge is 0.229 e. The van der Waals surface area contributed by atoms with Crippen LogP contribution in [-0.2, 0) is 9.84 Å². The summed E-state index contributed by atoms with van der Waals surface area (Å²) in [5.41, 5.74) is 0. The van der Waals surface area contributed by atoms with Crippen LogP contribution in [0.2, 0.25) is 0 Å². The van der Waals surface area contributed by atoms with Crippen molar-refractivity contribution in [3.8, 4) is 0 Å². The second-order valence-electron chi connectivity index (χ2n) is 1.14. The molecule has 0 amide bonds. The van der Waals surface area contributed by atoms with Gasteiger partial charge < -0.3 is 0 Å². The molecule has 0 saturated heterocycles. The highest BCUT2D eigenvalue weighted by molar-refractivity contribution is 7.89. The molecule has 0 aliphatic carbocycles. The smallest absolute Gasteiger partial charge is 0.144 e. The van der Waals surface area contributed by atoms with Gasteiger partial charge in [-0.3, -0.25) is 0 Å². The average molecular weight is 105 g/mol. The Morgan fingerprint density at radius 1 is 1.17 bits per heavy atom. The zero-order valence-corrected chi connectivity index (χ0v) is 4.62. The van der Waals surface area contributed by atoms with E-state index in [1.165, 1.54) is 0 Å². The lowest BCUT2D eigenvalue weighted by atomic mass is 10.8. The van der Waals surface area contributed by atoms with Crippen molar-refractivity contribution in [2.24, 2.45) is 0 Å². The molecular formula is C2H6BO2S. The minimum absolute atomic E-state index is 0. The van der Waals surface area contributed by atoms with E-state index in [2.05, 4.69) is 0 Å². The van der Waals surface area contributed by atoms with Gasteiger partial charge >= 0.3 is 0 Å². The van der Waals surface area contributed by atoms with Crippen LogP contribution in [0.25, 0.3) is 0 Å². The maximum absolute atomic E-state index is 9.63. The van der Waals surface area contributed by atoms with Gasteiger partial charge in [-0.25, -0.2) is 8.42 Å². The Bertz CT molecular complexity index is 94.7. The highest BCUT2D eigenvalue weighted by Crippen LogP contribution is 1.61. The zero-order chi connectivity index (χ0) is 4.50. The quantitative estimate of drug-likeness (QED) is 0.381. The predicted molar refractivity (Wildman–Crippen MR) is 26.5 cm³/mol. The number of rotatable bonds is 0. The number of hydrogen-bond acceptors (Lipinski definition) is 2. The van der Waals surface area contributed by atoms with Gasteiger partial charge in [-0.15, -0.1) is 0 Å². The van der Waals surface area contributed by atoms with Gasteiger partial charge in [0.1, 0.15) is 9.84 Å². The normalized spacial score (nSPS) is 9.67. The number of sulfone groups is 1. The highest BCUT2D eigenvalue weighted by atomic mass is 32.2. The molecule has 4 heteroatoms. The van der Waals surface area contributed by atoms with Crippen LogP contribution in [0.3, 0.4) is 0 Å². The molecule has 3 radical (unpaired) electrons. The van der Waals surface area contributed by atoms with Crippen LogP contribution in [0.1, 0.15) is 0 Å². The van der Waals surface area contributed by atoms with Gasteiger partial charge in [0.2, 0.25) is 0 Å². The Morgan fingerprint density at radius 3 is 1.17 bits per heavy atom. The van der Waals surface area contributed by atoms with Gasteiger partial charge in [0.05, 0.1) is 0 Å². The predicted octanol–water partition coefficient (Wildman–Crippen LogP) is -0.720. The molecule has 0 aromatic carbocycles. The summed E-state index contributed by atoms with van der Waals surface area (Å²) < 4.78 is 19.3. The Morgan fingerprint density at radius 2 is 1.17 bits per heavy atom. The molecule has 0 bridgehead atoms. The molecule has 0 spiro atoms. The average Bonchev–Trinajstić information content (AvgIpc) is 0.722. The fourth-order valence-electron chi connectivity index (χ4n) is 0. The monoisotopic (exact) mass is 105 g/mol. The molecule has 0 aromatic rings. The fourth-order valence-corrected chi connectivity index (χ4v) is 0. The minimum atomic E-state index is -2.67. The van der Waals surface area contributed by atoms with Gasteiger partial charge in [-0.1, -0.05) is 0 Å². The van der Waals surface area contributed by atoms with Crippen LogP contribution >= 0.6 is 0 Å². The molecule has 0 aliphatic heterocycles. The second kappa shape index (κ2) is 2.23. The molecule has 0 aliphatic rings. The summed E-state index contributed by atoms with van der Waals surface area (Å²) in [5.74, 6) is 0. The third kappa shape index (κ3) is 164000. The summed E-state index contributed by atoms with van der Waals surface area (Å²) in [7, 11) is -2.67. The van der Waals surface area contributed by atoms with Gasteiger partial charge in [-0.2, -0.15) is 0 Å². The van der Waals surface area contributed by atoms with Gasteiger partial charge in [-0.05, 0) is 0 Å². The highest BCUT2D eigenvalue weighted by Gasteiger charge is 1.79. The summed E-state index contributed by atoms with van der Waals surface area (Å²) in [6.07, 6.45) is 2.32. The van der Waals surface area contributed by atoms with E-state index in [4.69, 9.17) is 0 Å². The van der Waals surface area contributed by atoms with E-state index in [1.807, 2.05) is 0 Å². The maximum Gasteiger partial charge on any atom is 0.144 e. The minimum Gasteiger partial charge on any atom is -0.229 e. The van der Waals surface area contributed by atoms with Crippen molar-refractivity contribution < 1.29 is 8.42 Å². The standard InChI is InChI=1S/C2H6O2S.B/c1-5(2,3)4;/h1-2H3;. The molecule has 6 heavy (non-hydrogen) atoms. The molecule has 2 nitrogen and oxygen atoms in total. The van der Waals surface area contributed by atoms with Crippen molar-refractivity contribution in [3.63, 3.8) is 0 Å². The fraction of sp³-hybridized carbons (Fsp3) is 1.00. The first kappa shape index (κ1) is 9.38. The third-order valence-electron chi connectivity index (χ3n) is 0. The molecule has 0 fully saturated rings. The van der Waals surface area contributed by atoms with Gasteiger partial charge in [0.25, 0.3) is 0 Å². The summed E-state index contributed by atoms with van der Waals surface area (Å²) in [6, 6.07) is 0. The van der Waals surface area contributed by atoms with Crippen molar-refractivity contribution in [1.29, 1.82) is 0 Å². The molecule has 0 aromatic heterocycles. The lowest BCUT2D eigenvalue weighted by Crippen LogP contribution is -1.86. The van der Waals surface area contributed by atoms with E-state index in [0.29, 0.717) is 0 Å². The molecule has 0 unspecified atom stereocenters. The van der Waals surface area contributed by atoms with Crippen LogP contribution in [0.4, 0.5) is 0 Å². The lowest BCUT2D eigenvalue weighted by molar-refractivity contribution is 0.607. The van der Waals surface area contributed by atoms with Crippen molar-refractivity contribution in [2.45, 2.75) is 0 Å². The van der Waals surface area contributed by atoms with Gasteiger partial charge in [0, 0.05) is 20.9 Å². The first-order valence-electron chi connectivity index (χ1n) is 1.15. The van der Waals surface area contributed by atoms with Crippen LogP contribution in [0, 0.1) is 0 Å². The van der Waals surface area contributed by atoms with Gasteiger partial charge in [0.15, 0.2) is 0 Å². The molecule has 0 N–H and O–H groups in total. The van der Waals surface area contributed by atoms with E-state index >= 15 is 0 Å². The SMILES string of the molecule is CS(C)(=O)=O.[B]. The summed E-state index contributed by atoms with van der Waals surface area (Å²) in [4.78, 5) is 0. The molecular weight excluding hydrogens is 98.9 g/mol. The maximum atomic E-state index is 9.63. The van der Waals surface area contributed by atoms with Crippen molar-refractivity contribution >= 4 is 18.3 Å².